The fourth-order valence-electron chi connectivity index (χ4n) is 1.91. The van der Waals surface area contributed by atoms with E-state index in [9.17, 15) is 14.5 Å². The van der Waals surface area contributed by atoms with E-state index in [0.29, 0.717) is 13.0 Å². The van der Waals surface area contributed by atoms with Gasteiger partial charge in [-0.3, -0.25) is 15.5 Å². The third-order valence-electron chi connectivity index (χ3n) is 3.18. The van der Waals surface area contributed by atoms with E-state index in [-0.39, 0.29) is 17.0 Å². The van der Waals surface area contributed by atoms with Gasteiger partial charge >= 0.3 is 5.69 Å². The predicted octanol–water partition coefficient (Wildman–Crippen LogP) is 2.22. The lowest BCUT2D eigenvalue weighted by molar-refractivity contribution is -0.387. The van der Waals surface area contributed by atoms with Gasteiger partial charge < -0.3 is 10.5 Å². The van der Waals surface area contributed by atoms with Crippen LogP contribution in [0.5, 0.6) is 5.75 Å². The molecule has 0 aliphatic heterocycles. The normalized spacial score (nSPS) is 15.8. The Hall–Kier alpha value is -2.18. The Morgan fingerprint density at radius 2 is 2.26 bits per heavy atom. The minimum absolute atomic E-state index is 0.107. The molecule has 7 heteroatoms. The first kappa shape index (κ1) is 13.3. The lowest BCUT2D eigenvalue weighted by Gasteiger charge is -2.15. The van der Waals surface area contributed by atoms with Gasteiger partial charge in [-0.2, -0.15) is 4.39 Å². The van der Waals surface area contributed by atoms with Gasteiger partial charge in [0.2, 0.25) is 5.82 Å². The van der Waals surface area contributed by atoms with Gasteiger partial charge in [0.1, 0.15) is 5.75 Å². The SMILES string of the molecule is N=C(N)CC1(COc2ccc([N+](=O)[O-])c(F)c2)CC1. The first-order chi connectivity index (χ1) is 8.92. The van der Waals surface area contributed by atoms with E-state index < -0.39 is 16.4 Å². The van der Waals surface area contributed by atoms with Crippen LogP contribution in [0.1, 0.15) is 19.3 Å². The number of nitrogens with one attached hydrogen (secondary N) is 1. The highest BCUT2D eigenvalue weighted by Crippen LogP contribution is 2.48. The largest absolute Gasteiger partial charge is 0.493 e. The summed E-state index contributed by atoms with van der Waals surface area (Å²) in [6.07, 6.45) is 2.30. The maximum atomic E-state index is 13.4. The van der Waals surface area contributed by atoms with Crippen LogP contribution in [-0.4, -0.2) is 17.4 Å². The molecule has 0 saturated heterocycles. The number of hydrogen-bond donors (Lipinski definition) is 2. The van der Waals surface area contributed by atoms with Crippen LogP contribution < -0.4 is 10.5 Å². The van der Waals surface area contributed by atoms with Crippen molar-refractivity contribution in [3.8, 4) is 5.75 Å². The molecular weight excluding hydrogens is 253 g/mol. The molecule has 3 N–H and O–H groups in total. The van der Waals surface area contributed by atoms with Crippen molar-refractivity contribution in [2.45, 2.75) is 19.3 Å². The van der Waals surface area contributed by atoms with Gasteiger partial charge in [-0.1, -0.05) is 0 Å². The molecule has 0 spiro atoms. The zero-order valence-corrected chi connectivity index (χ0v) is 10.2. The number of hydrogen-bond acceptors (Lipinski definition) is 4. The summed E-state index contributed by atoms with van der Waals surface area (Å²) in [5, 5.41) is 17.7. The Labute approximate surface area is 109 Å². The van der Waals surface area contributed by atoms with Gasteiger partial charge in [-0.15, -0.1) is 0 Å². The molecule has 0 radical (unpaired) electrons. The molecule has 0 heterocycles. The molecule has 6 nitrogen and oxygen atoms in total. The van der Waals surface area contributed by atoms with Crippen LogP contribution in [0.15, 0.2) is 18.2 Å². The van der Waals surface area contributed by atoms with Crippen molar-refractivity contribution in [3.05, 3.63) is 34.1 Å². The van der Waals surface area contributed by atoms with Crippen LogP contribution in [0.4, 0.5) is 10.1 Å². The molecule has 102 valence electrons. The number of benzene rings is 1. The third-order valence-corrected chi connectivity index (χ3v) is 3.18. The highest BCUT2D eigenvalue weighted by atomic mass is 19.1. The third kappa shape index (κ3) is 3.18. The van der Waals surface area contributed by atoms with Crippen molar-refractivity contribution in [3.63, 3.8) is 0 Å². The van der Waals surface area contributed by atoms with Gasteiger partial charge in [-0.25, -0.2) is 0 Å². The van der Waals surface area contributed by atoms with Crippen LogP contribution in [0.2, 0.25) is 0 Å². The zero-order valence-electron chi connectivity index (χ0n) is 10.2. The molecule has 2 rings (SSSR count). The molecule has 1 aromatic rings. The maximum absolute atomic E-state index is 13.4. The van der Waals surface area contributed by atoms with E-state index >= 15 is 0 Å². The van der Waals surface area contributed by atoms with E-state index in [1.165, 1.54) is 6.07 Å². The second kappa shape index (κ2) is 4.83. The van der Waals surface area contributed by atoms with Crippen LogP contribution in [0.3, 0.4) is 0 Å². The molecule has 0 atom stereocenters. The molecule has 1 aliphatic rings. The lowest BCUT2D eigenvalue weighted by Crippen LogP contribution is -2.21. The highest BCUT2D eigenvalue weighted by molar-refractivity contribution is 5.78. The van der Waals surface area contributed by atoms with Gasteiger partial charge in [-0.05, 0) is 18.9 Å². The standard InChI is InChI=1S/C12H14FN3O3/c13-9-5-8(1-2-10(9)16(17)18)19-7-12(3-4-12)6-11(14)15/h1-2,5H,3-4,6-7H2,(H3,14,15). The molecular formula is C12H14FN3O3. The number of nitrogens with two attached hydrogens (primary N) is 1. The fraction of sp³-hybridized carbons (Fsp3) is 0.417. The second-order valence-electron chi connectivity index (χ2n) is 4.86. The number of nitrogens with zero attached hydrogens (tertiary/aromatic N) is 1. The van der Waals surface area contributed by atoms with E-state index in [4.69, 9.17) is 15.9 Å². The molecule has 0 aromatic heterocycles. The minimum atomic E-state index is -0.918. The number of amidine groups is 1. The molecule has 1 aliphatic carbocycles. The summed E-state index contributed by atoms with van der Waals surface area (Å²) in [6.45, 7) is 0.337. The quantitative estimate of drug-likeness (QED) is 0.357. The smallest absolute Gasteiger partial charge is 0.305 e. The topological polar surface area (TPSA) is 102 Å². The zero-order chi connectivity index (χ0) is 14.0. The van der Waals surface area contributed by atoms with Crippen LogP contribution in [0.25, 0.3) is 0 Å². The van der Waals surface area contributed by atoms with Crippen LogP contribution >= 0.6 is 0 Å². The second-order valence-corrected chi connectivity index (χ2v) is 4.86. The summed E-state index contributed by atoms with van der Waals surface area (Å²) in [5.74, 6) is -0.562. The van der Waals surface area contributed by atoms with Gasteiger partial charge in [0, 0.05) is 24.0 Å². The van der Waals surface area contributed by atoms with Crippen molar-refractivity contribution >= 4 is 11.5 Å². The van der Waals surface area contributed by atoms with E-state index in [1.54, 1.807) is 0 Å². The van der Waals surface area contributed by atoms with Gasteiger partial charge in [0.25, 0.3) is 0 Å². The predicted molar refractivity (Wildman–Crippen MR) is 66.7 cm³/mol. The van der Waals surface area contributed by atoms with E-state index in [1.807, 2.05) is 0 Å². The first-order valence-electron chi connectivity index (χ1n) is 5.82. The van der Waals surface area contributed by atoms with E-state index in [0.717, 1.165) is 25.0 Å². The number of nitro benzene ring substituents is 1. The Kier molecular flexibility index (Phi) is 3.37. The summed E-state index contributed by atoms with van der Waals surface area (Å²) in [6, 6.07) is 3.45. The Morgan fingerprint density at radius 1 is 1.58 bits per heavy atom. The molecule has 1 saturated carbocycles. The summed E-state index contributed by atoms with van der Waals surface area (Å²) >= 11 is 0. The molecule has 1 fully saturated rings. The fourth-order valence-corrected chi connectivity index (χ4v) is 1.91. The highest BCUT2D eigenvalue weighted by Gasteiger charge is 2.44. The van der Waals surface area contributed by atoms with Gasteiger partial charge in [0.15, 0.2) is 0 Å². The molecule has 0 unspecified atom stereocenters. The lowest BCUT2D eigenvalue weighted by atomic mass is 10.0. The van der Waals surface area contributed by atoms with Crippen molar-refractivity contribution in [2.75, 3.05) is 6.61 Å². The Bertz CT molecular complexity index is 529. The van der Waals surface area contributed by atoms with Crippen molar-refractivity contribution in [1.82, 2.24) is 0 Å². The van der Waals surface area contributed by atoms with Crippen molar-refractivity contribution in [1.29, 1.82) is 5.41 Å². The van der Waals surface area contributed by atoms with Gasteiger partial charge in [0.05, 0.1) is 17.4 Å². The summed E-state index contributed by atoms with van der Waals surface area (Å²) in [7, 11) is 0. The minimum Gasteiger partial charge on any atom is -0.493 e. The Morgan fingerprint density at radius 3 is 2.74 bits per heavy atom. The molecule has 0 bridgehead atoms. The number of halogens is 1. The van der Waals surface area contributed by atoms with Crippen molar-refractivity contribution in [2.24, 2.45) is 11.1 Å². The monoisotopic (exact) mass is 267 g/mol. The van der Waals surface area contributed by atoms with Crippen molar-refractivity contribution < 1.29 is 14.1 Å². The maximum Gasteiger partial charge on any atom is 0.305 e. The molecule has 1 aromatic carbocycles. The summed E-state index contributed by atoms with van der Waals surface area (Å²) in [5.41, 5.74) is 4.66. The molecule has 0 amide bonds. The van der Waals surface area contributed by atoms with Crippen LogP contribution in [-0.2, 0) is 0 Å². The van der Waals surface area contributed by atoms with E-state index in [2.05, 4.69) is 0 Å². The number of ether oxygens (including phenoxy) is 1. The summed E-state index contributed by atoms with van der Waals surface area (Å²) in [4.78, 5) is 9.69. The average molecular weight is 267 g/mol. The first-order valence-corrected chi connectivity index (χ1v) is 5.82. The average Bonchev–Trinajstić information content (AvgIpc) is 3.05. The number of nitro groups is 1. The molecule has 19 heavy (non-hydrogen) atoms. The Balaban J connectivity index is 1.99. The number of rotatable bonds is 6. The van der Waals surface area contributed by atoms with Crippen LogP contribution in [0, 0.1) is 26.8 Å². The summed E-state index contributed by atoms with van der Waals surface area (Å²) < 4.78 is 18.8.